The minimum atomic E-state index is -0.127. The van der Waals surface area contributed by atoms with Gasteiger partial charge in [0.2, 0.25) is 0 Å². The van der Waals surface area contributed by atoms with Crippen LogP contribution in [0, 0.1) is 0 Å². The number of hydrogen-bond acceptors (Lipinski definition) is 3. The second kappa shape index (κ2) is 7.53. The van der Waals surface area contributed by atoms with Gasteiger partial charge in [-0.3, -0.25) is 4.79 Å². The zero-order chi connectivity index (χ0) is 17.8. The Morgan fingerprint density at radius 1 is 1.16 bits per heavy atom. The molecule has 0 bridgehead atoms. The molecular formula is C20H19ClN2O2. The molecule has 1 amide bonds. The van der Waals surface area contributed by atoms with Crippen LogP contribution < -0.4 is 10.1 Å². The molecule has 0 radical (unpaired) electrons. The number of carbonyl (C=O) groups excluding carboxylic acids is 1. The number of pyridine rings is 1. The molecule has 4 nitrogen and oxygen atoms in total. The summed E-state index contributed by atoms with van der Waals surface area (Å²) in [5, 5.41) is 4.33. The molecule has 0 saturated carbocycles. The second-order valence-electron chi connectivity index (χ2n) is 5.74. The van der Waals surface area contributed by atoms with Crippen LogP contribution in [-0.2, 0) is 0 Å². The summed E-state index contributed by atoms with van der Waals surface area (Å²) in [6.07, 6.45) is 0. The highest BCUT2D eigenvalue weighted by molar-refractivity contribution is 6.29. The number of aromatic nitrogens is 1. The maximum Gasteiger partial charge on any atom is 0.251 e. The maximum atomic E-state index is 12.5. The summed E-state index contributed by atoms with van der Waals surface area (Å²) in [5.74, 6) is 0.698. The molecule has 1 N–H and O–H groups in total. The van der Waals surface area contributed by atoms with Gasteiger partial charge in [-0.05, 0) is 61.9 Å². The minimum absolute atomic E-state index is 0.109. The number of rotatable bonds is 5. The van der Waals surface area contributed by atoms with Gasteiger partial charge in [-0.2, -0.15) is 0 Å². The van der Waals surface area contributed by atoms with Crippen LogP contribution in [-0.4, -0.2) is 17.5 Å². The number of carbonyl (C=O) groups is 1. The van der Waals surface area contributed by atoms with Crippen molar-refractivity contribution < 1.29 is 9.53 Å². The van der Waals surface area contributed by atoms with Crippen molar-refractivity contribution >= 4 is 28.4 Å². The van der Waals surface area contributed by atoms with E-state index >= 15 is 0 Å². The van der Waals surface area contributed by atoms with Crippen LogP contribution in [0.1, 0.15) is 35.8 Å². The van der Waals surface area contributed by atoms with Crippen LogP contribution in [0.25, 0.3) is 10.9 Å². The number of nitrogens with zero attached hydrogens (tertiary/aromatic N) is 1. The van der Waals surface area contributed by atoms with Gasteiger partial charge >= 0.3 is 0 Å². The zero-order valence-corrected chi connectivity index (χ0v) is 14.9. The predicted octanol–water partition coefficient (Wildman–Crippen LogP) is 4.78. The molecule has 1 heterocycles. The molecule has 3 aromatic rings. The predicted molar refractivity (Wildman–Crippen MR) is 100 cm³/mol. The van der Waals surface area contributed by atoms with Gasteiger partial charge in [-0.1, -0.05) is 23.7 Å². The summed E-state index contributed by atoms with van der Waals surface area (Å²) in [4.78, 5) is 16.8. The van der Waals surface area contributed by atoms with E-state index in [0.717, 1.165) is 22.2 Å². The first-order valence-electron chi connectivity index (χ1n) is 8.17. The molecule has 128 valence electrons. The first kappa shape index (κ1) is 17.2. The molecular weight excluding hydrogens is 336 g/mol. The van der Waals surface area contributed by atoms with E-state index in [-0.39, 0.29) is 11.9 Å². The summed E-state index contributed by atoms with van der Waals surface area (Å²) in [6.45, 7) is 4.54. The van der Waals surface area contributed by atoms with Gasteiger partial charge in [-0.25, -0.2) is 4.98 Å². The lowest BCUT2D eigenvalue weighted by atomic mass is 10.1. The first-order chi connectivity index (χ1) is 12.1. The fourth-order valence-corrected chi connectivity index (χ4v) is 2.78. The highest BCUT2D eigenvalue weighted by Crippen LogP contribution is 2.20. The molecule has 1 aromatic heterocycles. The standard InChI is InChI=1S/C20H19ClN2O2/c1-3-25-17-8-4-14(5-9-17)13(2)22-20(24)16-6-10-18-15(12-16)7-11-19(21)23-18/h4-13H,3H2,1-2H3,(H,22,24). The van der Waals surface area contributed by atoms with Gasteiger partial charge in [0.1, 0.15) is 10.9 Å². The number of halogens is 1. The Morgan fingerprint density at radius 2 is 1.92 bits per heavy atom. The monoisotopic (exact) mass is 354 g/mol. The van der Waals surface area contributed by atoms with Gasteiger partial charge in [0.25, 0.3) is 5.91 Å². The van der Waals surface area contributed by atoms with Gasteiger partial charge in [0.05, 0.1) is 18.2 Å². The summed E-state index contributed by atoms with van der Waals surface area (Å²) in [7, 11) is 0. The molecule has 0 spiro atoms. The number of nitrogens with one attached hydrogen (secondary N) is 1. The Balaban J connectivity index is 1.73. The van der Waals surface area contributed by atoms with Crippen LogP contribution in [0.3, 0.4) is 0 Å². The van der Waals surface area contributed by atoms with Crippen LogP contribution in [0.15, 0.2) is 54.6 Å². The third kappa shape index (κ3) is 4.09. The fourth-order valence-electron chi connectivity index (χ4n) is 2.62. The fraction of sp³-hybridized carbons (Fsp3) is 0.200. The molecule has 2 aromatic carbocycles. The smallest absolute Gasteiger partial charge is 0.251 e. The molecule has 1 atom stereocenters. The van der Waals surface area contributed by atoms with E-state index in [0.29, 0.717) is 17.3 Å². The zero-order valence-electron chi connectivity index (χ0n) is 14.1. The summed E-state index contributed by atoms with van der Waals surface area (Å²) in [6, 6.07) is 16.6. The highest BCUT2D eigenvalue weighted by atomic mass is 35.5. The Morgan fingerprint density at radius 3 is 2.64 bits per heavy atom. The van der Waals surface area contributed by atoms with E-state index in [9.17, 15) is 4.79 Å². The molecule has 0 aliphatic heterocycles. The van der Waals surface area contributed by atoms with Gasteiger partial charge in [0, 0.05) is 10.9 Å². The molecule has 0 saturated heterocycles. The Labute approximate surface area is 151 Å². The average molecular weight is 355 g/mol. The lowest BCUT2D eigenvalue weighted by Crippen LogP contribution is -2.26. The van der Waals surface area contributed by atoms with E-state index in [1.54, 1.807) is 18.2 Å². The van der Waals surface area contributed by atoms with E-state index in [4.69, 9.17) is 16.3 Å². The SMILES string of the molecule is CCOc1ccc(C(C)NC(=O)c2ccc3nc(Cl)ccc3c2)cc1. The lowest BCUT2D eigenvalue weighted by Gasteiger charge is -2.15. The summed E-state index contributed by atoms with van der Waals surface area (Å²) < 4.78 is 5.44. The quantitative estimate of drug-likeness (QED) is 0.671. The van der Waals surface area contributed by atoms with Crippen LogP contribution >= 0.6 is 11.6 Å². The molecule has 0 fully saturated rings. The Bertz CT molecular complexity index is 894. The lowest BCUT2D eigenvalue weighted by molar-refractivity contribution is 0.0940. The molecule has 5 heteroatoms. The van der Waals surface area contributed by atoms with Crippen LogP contribution in [0.5, 0.6) is 5.75 Å². The van der Waals surface area contributed by atoms with E-state index < -0.39 is 0 Å². The van der Waals surface area contributed by atoms with Crippen molar-refractivity contribution in [2.45, 2.75) is 19.9 Å². The molecule has 25 heavy (non-hydrogen) atoms. The number of benzene rings is 2. The van der Waals surface area contributed by atoms with E-state index in [1.807, 2.05) is 50.2 Å². The average Bonchev–Trinajstić information content (AvgIpc) is 2.62. The second-order valence-corrected chi connectivity index (χ2v) is 6.13. The van der Waals surface area contributed by atoms with Crippen molar-refractivity contribution in [1.82, 2.24) is 10.3 Å². The minimum Gasteiger partial charge on any atom is -0.494 e. The number of hydrogen-bond donors (Lipinski definition) is 1. The third-order valence-electron chi connectivity index (χ3n) is 3.96. The number of ether oxygens (including phenoxy) is 1. The molecule has 3 rings (SSSR count). The summed E-state index contributed by atoms with van der Waals surface area (Å²) in [5.41, 5.74) is 2.38. The highest BCUT2D eigenvalue weighted by Gasteiger charge is 2.12. The van der Waals surface area contributed by atoms with Crippen molar-refractivity contribution in [3.63, 3.8) is 0 Å². The van der Waals surface area contributed by atoms with Crippen molar-refractivity contribution in [3.05, 3.63) is 70.9 Å². The third-order valence-corrected chi connectivity index (χ3v) is 4.17. The van der Waals surface area contributed by atoms with E-state index in [2.05, 4.69) is 10.3 Å². The first-order valence-corrected chi connectivity index (χ1v) is 8.54. The molecule has 1 unspecified atom stereocenters. The molecule has 0 aliphatic carbocycles. The van der Waals surface area contributed by atoms with Crippen molar-refractivity contribution in [1.29, 1.82) is 0 Å². The normalized spacial score (nSPS) is 12.0. The van der Waals surface area contributed by atoms with Gasteiger partial charge in [0.15, 0.2) is 0 Å². The topological polar surface area (TPSA) is 51.2 Å². The van der Waals surface area contributed by atoms with Crippen molar-refractivity contribution in [2.24, 2.45) is 0 Å². The van der Waals surface area contributed by atoms with Crippen LogP contribution in [0.2, 0.25) is 5.15 Å². The van der Waals surface area contributed by atoms with Crippen molar-refractivity contribution in [3.8, 4) is 5.75 Å². The number of amides is 1. The maximum absolute atomic E-state index is 12.5. The summed E-state index contributed by atoms with van der Waals surface area (Å²) >= 11 is 5.89. The van der Waals surface area contributed by atoms with Gasteiger partial charge in [-0.15, -0.1) is 0 Å². The van der Waals surface area contributed by atoms with E-state index in [1.165, 1.54) is 0 Å². The Kier molecular flexibility index (Phi) is 5.19. The Hall–Kier alpha value is -2.59. The van der Waals surface area contributed by atoms with Crippen LogP contribution in [0.4, 0.5) is 0 Å². The van der Waals surface area contributed by atoms with Gasteiger partial charge < -0.3 is 10.1 Å². The number of fused-ring (bicyclic) bond motifs is 1. The molecule has 0 aliphatic rings. The largest absolute Gasteiger partial charge is 0.494 e. The van der Waals surface area contributed by atoms with Crippen molar-refractivity contribution in [2.75, 3.05) is 6.61 Å².